The van der Waals surface area contributed by atoms with Crippen LogP contribution in [0.3, 0.4) is 0 Å². The Labute approximate surface area is 213 Å². The first-order valence-corrected chi connectivity index (χ1v) is 13.0. The molecule has 0 saturated carbocycles. The molecule has 0 fully saturated rings. The van der Waals surface area contributed by atoms with Crippen LogP contribution in [0.4, 0.5) is 8.78 Å². The van der Waals surface area contributed by atoms with Crippen molar-refractivity contribution in [1.29, 1.82) is 0 Å². The van der Waals surface area contributed by atoms with Gasteiger partial charge in [-0.1, -0.05) is 87.4 Å². The third kappa shape index (κ3) is 6.27. The van der Waals surface area contributed by atoms with Gasteiger partial charge in [0, 0.05) is 36.3 Å². The van der Waals surface area contributed by atoms with Crippen molar-refractivity contribution in [2.75, 3.05) is 6.54 Å². The van der Waals surface area contributed by atoms with Crippen molar-refractivity contribution in [2.45, 2.75) is 59.2 Å². The van der Waals surface area contributed by atoms with Gasteiger partial charge in [-0.25, -0.2) is 13.8 Å². The van der Waals surface area contributed by atoms with Crippen LogP contribution in [0, 0.1) is 11.6 Å². The van der Waals surface area contributed by atoms with Crippen molar-refractivity contribution in [2.24, 2.45) is 0 Å². The summed E-state index contributed by atoms with van der Waals surface area (Å²) in [6, 6.07) is 24.3. The molecule has 1 aromatic heterocycles. The number of hydrogen-bond donors (Lipinski definition) is 0. The number of halogens is 2. The smallest absolute Gasteiger partial charge is 0.140 e. The fourth-order valence-corrected chi connectivity index (χ4v) is 4.55. The van der Waals surface area contributed by atoms with Gasteiger partial charge < -0.3 is 4.57 Å². The molecule has 4 aromatic rings. The summed E-state index contributed by atoms with van der Waals surface area (Å²) in [5, 5.41) is 0. The van der Waals surface area contributed by atoms with Gasteiger partial charge in [0.1, 0.15) is 17.5 Å². The Morgan fingerprint density at radius 3 is 2.11 bits per heavy atom. The average molecular weight is 488 g/mol. The lowest BCUT2D eigenvalue weighted by Crippen LogP contribution is -2.26. The minimum absolute atomic E-state index is 0.345. The van der Waals surface area contributed by atoms with Crippen molar-refractivity contribution in [3.05, 3.63) is 102 Å². The van der Waals surface area contributed by atoms with E-state index in [0.29, 0.717) is 18.7 Å². The van der Waals surface area contributed by atoms with Gasteiger partial charge in [-0.05, 0) is 37.6 Å². The molecular weight excluding hydrogens is 452 g/mol. The molecule has 0 amide bonds. The number of nitrogens with zero attached hydrogens (tertiary/aromatic N) is 3. The Hall–Kier alpha value is -3.31. The molecule has 36 heavy (non-hydrogen) atoms. The molecule has 0 N–H and O–H groups in total. The third-order valence-corrected chi connectivity index (χ3v) is 6.49. The van der Waals surface area contributed by atoms with Crippen molar-refractivity contribution in [3.8, 4) is 22.6 Å². The minimum atomic E-state index is -0.411. The van der Waals surface area contributed by atoms with Gasteiger partial charge in [-0.15, -0.1) is 0 Å². The van der Waals surface area contributed by atoms with E-state index < -0.39 is 5.82 Å². The van der Waals surface area contributed by atoms with Crippen molar-refractivity contribution in [3.63, 3.8) is 0 Å². The number of aromatic nitrogens is 2. The van der Waals surface area contributed by atoms with E-state index in [1.54, 1.807) is 0 Å². The highest BCUT2D eigenvalue weighted by molar-refractivity contribution is 5.68. The maximum absolute atomic E-state index is 14.6. The summed E-state index contributed by atoms with van der Waals surface area (Å²) < 4.78 is 30.9. The third-order valence-electron chi connectivity index (χ3n) is 6.49. The van der Waals surface area contributed by atoms with E-state index in [-0.39, 0.29) is 5.82 Å². The van der Waals surface area contributed by atoms with Crippen LogP contribution in [0.25, 0.3) is 22.6 Å². The SMILES string of the molecule is CCCCN(Cc1cc(F)ccc1F)Cc1c(-c2ccccc2)nc(-c2ccccc2)n1CCCC. The molecule has 0 unspecified atom stereocenters. The zero-order valence-corrected chi connectivity index (χ0v) is 21.3. The molecule has 0 atom stereocenters. The van der Waals surface area contributed by atoms with E-state index in [9.17, 15) is 8.78 Å². The van der Waals surface area contributed by atoms with Crippen LogP contribution in [0.2, 0.25) is 0 Å². The number of imidazole rings is 1. The summed E-state index contributed by atoms with van der Waals surface area (Å²) in [6.07, 6.45) is 4.11. The molecule has 188 valence electrons. The van der Waals surface area contributed by atoms with E-state index in [2.05, 4.69) is 47.6 Å². The van der Waals surface area contributed by atoms with E-state index in [1.165, 1.54) is 18.2 Å². The second-order valence-corrected chi connectivity index (χ2v) is 9.27. The summed E-state index contributed by atoms with van der Waals surface area (Å²) >= 11 is 0. The van der Waals surface area contributed by atoms with Crippen LogP contribution >= 0.6 is 0 Å². The van der Waals surface area contributed by atoms with Crippen molar-refractivity contribution in [1.82, 2.24) is 14.5 Å². The summed E-state index contributed by atoms with van der Waals surface area (Å²) in [4.78, 5) is 7.40. The van der Waals surface area contributed by atoms with Gasteiger partial charge in [-0.3, -0.25) is 4.90 Å². The van der Waals surface area contributed by atoms with Crippen LogP contribution in [-0.2, 0) is 19.6 Å². The zero-order valence-electron chi connectivity index (χ0n) is 21.3. The van der Waals surface area contributed by atoms with Gasteiger partial charge in [0.05, 0.1) is 11.4 Å². The molecule has 0 aliphatic rings. The van der Waals surface area contributed by atoms with Crippen molar-refractivity contribution >= 4 is 0 Å². The Morgan fingerprint density at radius 2 is 1.44 bits per heavy atom. The van der Waals surface area contributed by atoms with Crippen LogP contribution in [0.15, 0.2) is 78.9 Å². The molecule has 5 heteroatoms. The largest absolute Gasteiger partial charge is 0.326 e. The summed E-state index contributed by atoms with van der Waals surface area (Å²) in [5.41, 5.74) is 4.59. The predicted octanol–water partition coefficient (Wildman–Crippen LogP) is 8.10. The van der Waals surface area contributed by atoms with Crippen LogP contribution < -0.4 is 0 Å². The molecule has 3 aromatic carbocycles. The topological polar surface area (TPSA) is 21.1 Å². The fraction of sp³-hybridized carbons (Fsp3) is 0.323. The maximum atomic E-state index is 14.6. The number of benzene rings is 3. The molecular formula is C31H35F2N3. The highest BCUT2D eigenvalue weighted by Gasteiger charge is 2.22. The van der Waals surface area contributed by atoms with Gasteiger partial charge in [0.25, 0.3) is 0 Å². The summed E-state index contributed by atoms with van der Waals surface area (Å²) in [7, 11) is 0. The van der Waals surface area contributed by atoms with Gasteiger partial charge in [-0.2, -0.15) is 0 Å². The second kappa shape index (κ2) is 12.6. The normalized spacial score (nSPS) is 11.4. The quantitative estimate of drug-likeness (QED) is 0.201. The lowest BCUT2D eigenvalue weighted by molar-refractivity contribution is 0.242. The van der Waals surface area contributed by atoms with E-state index >= 15 is 0 Å². The van der Waals surface area contributed by atoms with Gasteiger partial charge in [0.15, 0.2) is 0 Å². The molecule has 0 aliphatic carbocycles. The Bertz CT molecular complexity index is 1240. The minimum Gasteiger partial charge on any atom is -0.326 e. The molecule has 1 heterocycles. The molecule has 3 nitrogen and oxygen atoms in total. The van der Waals surface area contributed by atoms with Crippen LogP contribution in [-0.4, -0.2) is 21.0 Å². The number of unbranched alkanes of at least 4 members (excludes halogenated alkanes) is 2. The Balaban J connectivity index is 1.81. The highest BCUT2D eigenvalue weighted by Crippen LogP contribution is 2.31. The standard InChI is InChI=1S/C31H35F2N3/c1-3-5-19-35(22-26-21-27(32)17-18-28(26)33)23-29-30(24-13-9-7-10-14-24)34-31(36(29)20-6-4-2)25-15-11-8-12-16-25/h7-18,21H,3-6,19-20,22-23H2,1-2H3. The zero-order chi connectivity index (χ0) is 25.3. The second-order valence-electron chi connectivity index (χ2n) is 9.27. The molecule has 0 radical (unpaired) electrons. The van der Waals surface area contributed by atoms with E-state index in [1.807, 2.05) is 36.4 Å². The maximum Gasteiger partial charge on any atom is 0.140 e. The summed E-state index contributed by atoms with van der Waals surface area (Å²) in [6.45, 7) is 6.93. The van der Waals surface area contributed by atoms with E-state index in [4.69, 9.17) is 4.98 Å². The average Bonchev–Trinajstić information content (AvgIpc) is 3.27. The fourth-order valence-electron chi connectivity index (χ4n) is 4.55. The first-order chi connectivity index (χ1) is 17.6. The molecule has 0 saturated heterocycles. The van der Waals surface area contributed by atoms with Crippen LogP contribution in [0.1, 0.15) is 50.8 Å². The van der Waals surface area contributed by atoms with Crippen molar-refractivity contribution < 1.29 is 8.78 Å². The molecule has 0 spiro atoms. The Kier molecular flexibility index (Phi) is 9.01. The molecule has 0 aliphatic heterocycles. The highest BCUT2D eigenvalue weighted by atomic mass is 19.1. The van der Waals surface area contributed by atoms with Crippen LogP contribution in [0.5, 0.6) is 0 Å². The monoisotopic (exact) mass is 487 g/mol. The molecule has 0 bridgehead atoms. The first-order valence-electron chi connectivity index (χ1n) is 13.0. The molecule has 4 rings (SSSR count). The van der Waals surface area contributed by atoms with Gasteiger partial charge >= 0.3 is 0 Å². The van der Waals surface area contributed by atoms with E-state index in [0.717, 1.165) is 67.1 Å². The lowest BCUT2D eigenvalue weighted by Gasteiger charge is -2.24. The number of rotatable bonds is 12. The first kappa shape index (κ1) is 25.8. The predicted molar refractivity (Wildman–Crippen MR) is 143 cm³/mol. The lowest BCUT2D eigenvalue weighted by atomic mass is 10.1. The Morgan fingerprint density at radius 1 is 0.778 bits per heavy atom. The number of hydrogen-bond acceptors (Lipinski definition) is 2. The summed E-state index contributed by atoms with van der Waals surface area (Å²) in [5.74, 6) is 0.169. The van der Waals surface area contributed by atoms with Gasteiger partial charge in [0.2, 0.25) is 0 Å².